The topological polar surface area (TPSA) is 338 Å². The quantitative estimate of drug-likeness (QED) is 0.320. The van der Waals surface area contributed by atoms with Crippen molar-refractivity contribution in [3.63, 3.8) is 0 Å². The molecule has 0 spiro atoms. The van der Waals surface area contributed by atoms with E-state index in [9.17, 15) is 0 Å². The van der Waals surface area contributed by atoms with Crippen molar-refractivity contribution in [2.75, 3.05) is 0 Å². The predicted octanol–water partition coefficient (Wildman–Crippen LogP) is -0.585. The molecule has 19 heteroatoms. The predicted molar refractivity (Wildman–Crippen MR) is 59.2 cm³/mol. The third-order valence-corrected chi connectivity index (χ3v) is 0. The second-order valence-electron chi connectivity index (χ2n) is 0.894. The number of rotatable bonds is 0. The SMILES string of the molecule is O=[N+]([O-])[O-].O=[N+]([O-])[O-].O=[N+]([O-])[O-].O=[N+]([O-])[O-].[Ca+2].[NH4+].[NH4+]. The Balaban J connectivity index is -0.0000000192. The fraction of sp³-hybridized carbons (Fsp3) is 0. The molecule has 0 unspecified atom stereocenters. The molecule has 0 aliphatic rings. The van der Waals surface area contributed by atoms with E-state index in [1.165, 1.54) is 0 Å². The second-order valence-corrected chi connectivity index (χ2v) is 0.894. The summed E-state index contributed by atoms with van der Waals surface area (Å²) in [6, 6.07) is 0. The van der Waals surface area contributed by atoms with Crippen LogP contribution in [0, 0.1) is 61.3 Å². The van der Waals surface area contributed by atoms with Crippen molar-refractivity contribution in [1.82, 2.24) is 12.3 Å². The first-order valence-electron chi connectivity index (χ1n) is 2.19. The summed E-state index contributed by atoms with van der Waals surface area (Å²) in [6.45, 7) is 0. The number of hydrogen-bond acceptors (Lipinski definition) is 12. The average molecular weight is 324 g/mol. The molecular weight excluding hydrogens is 316 g/mol. The van der Waals surface area contributed by atoms with E-state index in [1.807, 2.05) is 0 Å². The van der Waals surface area contributed by atoms with E-state index in [0.29, 0.717) is 0 Å². The molecule has 0 atom stereocenters. The molecule has 0 aromatic rings. The fourth-order valence-electron chi connectivity index (χ4n) is 0. The van der Waals surface area contributed by atoms with Gasteiger partial charge in [-0.3, -0.25) is 0 Å². The molecule has 0 saturated heterocycles. The van der Waals surface area contributed by atoms with Crippen LogP contribution >= 0.6 is 0 Å². The van der Waals surface area contributed by atoms with Gasteiger partial charge in [0.2, 0.25) is 0 Å². The van der Waals surface area contributed by atoms with E-state index in [2.05, 4.69) is 0 Å². The molecule has 19 heavy (non-hydrogen) atoms. The van der Waals surface area contributed by atoms with Crippen LogP contribution in [-0.2, 0) is 0 Å². The Bertz CT molecular complexity index is 162. The van der Waals surface area contributed by atoms with Crippen molar-refractivity contribution in [3.05, 3.63) is 61.3 Å². The molecule has 0 amide bonds. The Morgan fingerprint density at radius 1 is 0.421 bits per heavy atom. The molecule has 0 aromatic carbocycles. The molecule has 0 aliphatic carbocycles. The average Bonchev–Trinajstić information content (AvgIpc) is 1.76. The maximum absolute atomic E-state index is 8.25. The van der Waals surface area contributed by atoms with Crippen LogP contribution in [0.3, 0.4) is 0 Å². The fourth-order valence-corrected chi connectivity index (χ4v) is 0. The normalized spacial score (nSPS) is 5.05. The van der Waals surface area contributed by atoms with Gasteiger partial charge in [-0.25, -0.2) is 0 Å². The molecule has 0 radical (unpaired) electrons. The molecule has 0 fully saturated rings. The molecule has 0 aliphatic heterocycles. The molecule has 18 nitrogen and oxygen atoms in total. The van der Waals surface area contributed by atoms with Gasteiger partial charge in [-0.1, -0.05) is 0 Å². The molecule has 112 valence electrons. The Kier molecular flexibility index (Phi) is 82.5. The summed E-state index contributed by atoms with van der Waals surface area (Å²) < 4.78 is 0. The zero-order valence-corrected chi connectivity index (χ0v) is 11.6. The number of quaternary nitrogens is 2. The molecular formula is H8CaN6O12. The van der Waals surface area contributed by atoms with Gasteiger partial charge in [0.15, 0.2) is 0 Å². The zero-order chi connectivity index (χ0) is 14.3. The first-order chi connectivity index (χ1) is 6.93. The van der Waals surface area contributed by atoms with Crippen LogP contribution in [0.15, 0.2) is 0 Å². The molecule has 0 bridgehead atoms. The van der Waals surface area contributed by atoms with E-state index in [0.717, 1.165) is 0 Å². The zero-order valence-electron chi connectivity index (χ0n) is 9.39. The van der Waals surface area contributed by atoms with Crippen LogP contribution in [-0.4, -0.2) is 58.1 Å². The number of hydrogen-bond donors (Lipinski definition) is 2. The molecule has 0 aromatic heterocycles. The van der Waals surface area contributed by atoms with Gasteiger partial charge in [0.25, 0.3) is 0 Å². The van der Waals surface area contributed by atoms with Crippen molar-refractivity contribution in [2.24, 2.45) is 0 Å². The van der Waals surface area contributed by atoms with E-state index in [4.69, 9.17) is 61.3 Å². The van der Waals surface area contributed by atoms with Crippen LogP contribution in [0.5, 0.6) is 0 Å². The summed E-state index contributed by atoms with van der Waals surface area (Å²) in [7, 11) is 0. The van der Waals surface area contributed by atoms with Crippen LogP contribution < -0.4 is 12.3 Å². The van der Waals surface area contributed by atoms with Crippen molar-refractivity contribution in [1.29, 1.82) is 0 Å². The van der Waals surface area contributed by atoms with Gasteiger partial charge in [-0.15, -0.1) is 0 Å². The summed E-state index contributed by atoms with van der Waals surface area (Å²) >= 11 is 0. The minimum atomic E-state index is -1.75. The maximum atomic E-state index is 8.25. The van der Waals surface area contributed by atoms with E-state index in [-0.39, 0.29) is 50.0 Å². The van der Waals surface area contributed by atoms with E-state index in [1.54, 1.807) is 0 Å². The number of nitrogens with zero attached hydrogens (tertiary/aromatic N) is 4. The van der Waals surface area contributed by atoms with Gasteiger partial charge in [-0.2, -0.15) is 0 Å². The third kappa shape index (κ3) is 765. The van der Waals surface area contributed by atoms with Crippen molar-refractivity contribution in [3.8, 4) is 0 Å². The second kappa shape index (κ2) is 36.0. The maximum Gasteiger partial charge on any atom is 2.00 e. The van der Waals surface area contributed by atoms with Crippen LogP contribution in [0.1, 0.15) is 0 Å². The van der Waals surface area contributed by atoms with Gasteiger partial charge in [-0.05, 0) is 0 Å². The van der Waals surface area contributed by atoms with Gasteiger partial charge >= 0.3 is 37.7 Å². The largest absolute Gasteiger partial charge is 2.00 e. The van der Waals surface area contributed by atoms with Crippen molar-refractivity contribution >= 4 is 37.7 Å². The smallest absolute Gasteiger partial charge is 0.369 e. The van der Waals surface area contributed by atoms with Crippen molar-refractivity contribution < 1.29 is 20.3 Å². The Morgan fingerprint density at radius 3 is 0.421 bits per heavy atom. The summed E-state index contributed by atoms with van der Waals surface area (Å²) in [6.07, 6.45) is 0. The summed E-state index contributed by atoms with van der Waals surface area (Å²) in [4.78, 5) is 33.0. The third-order valence-electron chi connectivity index (χ3n) is 0. The Labute approximate surface area is 131 Å². The van der Waals surface area contributed by atoms with Crippen LogP contribution in [0.2, 0.25) is 0 Å². The standard InChI is InChI=1S/Ca.4NO3.2H3N/c;4*2-1(3)4;;/h;;;;;2*1H3/q+2;4*-1;;/p+2. The van der Waals surface area contributed by atoms with Gasteiger partial charge in [0, 0.05) is 0 Å². The summed E-state index contributed by atoms with van der Waals surface area (Å²) in [5.41, 5.74) is 0. The van der Waals surface area contributed by atoms with Gasteiger partial charge < -0.3 is 73.6 Å². The molecule has 0 saturated carbocycles. The summed E-state index contributed by atoms with van der Waals surface area (Å²) in [5.74, 6) is 0. The summed E-state index contributed by atoms with van der Waals surface area (Å²) in [5, 5.41) is 59.0. The Morgan fingerprint density at radius 2 is 0.421 bits per heavy atom. The molecule has 8 N–H and O–H groups in total. The van der Waals surface area contributed by atoms with Gasteiger partial charge in [0.05, 0.1) is 20.3 Å². The molecule has 0 rings (SSSR count). The van der Waals surface area contributed by atoms with E-state index >= 15 is 0 Å². The van der Waals surface area contributed by atoms with Gasteiger partial charge in [0.1, 0.15) is 0 Å². The Hall–Kier alpha value is -2.02. The van der Waals surface area contributed by atoms with Crippen molar-refractivity contribution in [2.45, 2.75) is 0 Å². The van der Waals surface area contributed by atoms with Crippen LogP contribution in [0.4, 0.5) is 0 Å². The van der Waals surface area contributed by atoms with Crippen LogP contribution in [0.25, 0.3) is 0 Å². The monoisotopic (exact) mass is 324 g/mol. The minimum Gasteiger partial charge on any atom is -0.369 e. The molecule has 0 heterocycles. The first kappa shape index (κ1) is 43.5. The first-order valence-corrected chi connectivity index (χ1v) is 2.19. The minimum absolute atomic E-state index is 0. The van der Waals surface area contributed by atoms with E-state index < -0.39 is 20.3 Å².